The average Bonchev–Trinajstić information content (AvgIpc) is 2.91. The van der Waals surface area contributed by atoms with E-state index in [2.05, 4.69) is 15.0 Å². The van der Waals surface area contributed by atoms with Gasteiger partial charge in [0.1, 0.15) is 11.6 Å². The van der Waals surface area contributed by atoms with Crippen LogP contribution >= 0.6 is 0 Å². The molecule has 7 heteroatoms. The van der Waals surface area contributed by atoms with Gasteiger partial charge in [0.2, 0.25) is 5.91 Å². The number of ether oxygens (including phenoxy) is 1. The van der Waals surface area contributed by atoms with Crippen molar-refractivity contribution in [1.29, 1.82) is 0 Å². The maximum Gasteiger partial charge on any atom is 0.223 e. The molecule has 3 heterocycles. The minimum absolute atomic E-state index is 0.114. The molecule has 0 aliphatic carbocycles. The topological polar surface area (TPSA) is 63.5 Å². The van der Waals surface area contributed by atoms with E-state index in [0.29, 0.717) is 12.3 Å². The van der Waals surface area contributed by atoms with Crippen molar-refractivity contribution in [2.24, 2.45) is 0 Å². The highest BCUT2D eigenvalue weighted by molar-refractivity contribution is 5.76. The van der Waals surface area contributed by atoms with E-state index >= 15 is 0 Å². The Kier molecular flexibility index (Phi) is 5.84. The van der Waals surface area contributed by atoms with Crippen molar-refractivity contribution in [2.45, 2.75) is 52.2 Å². The van der Waals surface area contributed by atoms with Crippen LogP contribution in [0.25, 0.3) is 0 Å². The zero-order chi connectivity index (χ0) is 16.9. The van der Waals surface area contributed by atoms with Gasteiger partial charge in [-0.1, -0.05) is 0 Å². The first-order chi connectivity index (χ1) is 11.6. The second kappa shape index (κ2) is 8.07. The molecule has 7 nitrogen and oxygen atoms in total. The van der Waals surface area contributed by atoms with Gasteiger partial charge in [0.05, 0.1) is 19.3 Å². The molecule has 0 unspecified atom stereocenters. The third-order valence-corrected chi connectivity index (χ3v) is 4.91. The number of likely N-dealkylation sites (tertiary alicyclic amines) is 1. The lowest BCUT2D eigenvalue weighted by molar-refractivity contribution is -0.133. The molecular weight excluding hydrogens is 306 g/mol. The zero-order valence-corrected chi connectivity index (χ0v) is 14.9. The van der Waals surface area contributed by atoms with Crippen LogP contribution < -0.4 is 0 Å². The number of amides is 1. The number of morpholine rings is 1. The van der Waals surface area contributed by atoms with Crippen LogP contribution in [0.2, 0.25) is 0 Å². The molecule has 1 aromatic rings. The molecule has 134 valence electrons. The first kappa shape index (κ1) is 17.4. The lowest BCUT2D eigenvalue weighted by Gasteiger charge is -2.33. The van der Waals surface area contributed by atoms with Crippen LogP contribution in [-0.4, -0.2) is 75.9 Å². The number of rotatable bonds is 5. The van der Waals surface area contributed by atoms with Crippen molar-refractivity contribution < 1.29 is 9.53 Å². The molecule has 0 aromatic carbocycles. The second-order valence-electron chi connectivity index (χ2n) is 6.87. The Labute approximate surface area is 144 Å². The standard InChI is InChI=1S/C17H29N5O2/c1-14-18-15(2)22(19-14)13-16-12-20(10-11-24-16)9-6-17(23)21-7-4-3-5-8-21/h16H,3-13H2,1-2H3/t16-/m1/s1. The fraction of sp³-hybridized carbons (Fsp3) is 0.824. The third-order valence-electron chi connectivity index (χ3n) is 4.91. The lowest BCUT2D eigenvalue weighted by atomic mass is 10.1. The summed E-state index contributed by atoms with van der Waals surface area (Å²) in [5.41, 5.74) is 0. The van der Waals surface area contributed by atoms with Crippen LogP contribution in [0.3, 0.4) is 0 Å². The summed E-state index contributed by atoms with van der Waals surface area (Å²) in [5.74, 6) is 2.03. The first-order valence-electron chi connectivity index (χ1n) is 9.11. The highest BCUT2D eigenvalue weighted by Gasteiger charge is 2.23. The summed E-state index contributed by atoms with van der Waals surface area (Å²) >= 11 is 0. The van der Waals surface area contributed by atoms with Gasteiger partial charge < -0.3 is 9.64 Å². The summed E-state index contributed by atoms with van der Waals surface area (Å²) in [7, 11) is 0. The van der Waals surface area contributed by atoms with Crippen LogP contribution in [0.5, 0.6) is 0 Å². The van der Waals surface area contributed by atoms with Gasteiger partial charge in [0.25, 0.3) is 0 Å². The molecule has 3 rings (SSSR count). The van der Waals surface area contributed by atoms with Crippen LogP contribution in [0, 0.1) is 13.8 Å². The smallest absolute Gasteiger partial charge is 0.223 e. The van der Waals surface area contributed by atoms with Crippen LogP contribution in [0.4, 0.5) is 0 Å². The number of hydrogen-bond acceptors (Lipinski definition) is 5. The SMILES string of the molecule is Cc1nc(C)n(C[C@H]2CN(CCC(=O)N3CCCCC3)CCO2)n1. The average molecular weight is 335 g/mol. The summed E-state index contributed by atoms with van der Waals surface area (Å²) < 4.78 is 7.79. The molecule has 0 radical (unpaired) electrons. The Hall–Kier alpha value is -1.47. The van der Waals surface area contributed by atoms with E-state index in [1.165, 1.54) is 6.42 Å². The molecule has 1 aromatic heterocycles. The normalized spacial score (nSPS) is 22.8. The number of hydrogen-bond donors (Lipinski definition) is 0. The van der Waals surface area contributed by atoms with Crippen molar-refractivity contribution in [3.63, 3.8) is 0 Å². The van der Waals surface area contributed by atoms with Gasteiger partial charge in [-0.05, 0) is 33.1 Å². The number of carbonyl (C=O) groups excluding carboxylic acids is 1. The fourth-order valence-electron chi connectivity index (χ4n) is 3.58. The van der Waals surface area contributed by atoms with Gasteiger partial charge in [-0.25, -0.2) is 9.67 Å². The molecule has 2 aliphatic rings. The van der Waals surface area contributed by atoms with E-state index in [9.17, 15) is 4.79 Å². The molecule has 2 aliphatic heterocycles. The predicted molar refractivity (Wildman–Crippen MR) is 90.7 cm³/mol. The Morgan fingerprint density at radius 3 is 2.71 bits per heavy atom. The summed E-state index contributed by atoms with van der Waals surface area (Å²) in [6.45, 7) is 9.78. The zero-order valence-electron chi connectivity index (χ0n) is 14.9. The van der Waals surface area contributed by atoms with E-state index in [0.717, 1.165) is 70.4 Å². The Balaban J connectivity index is 1.45. The molecule has 0 spiro atoms. The van der Waals surface area contributed by atoms with Crippen molar-refractivity contribution in [3.05, 3.63) is 11.6 Å². The van der Waals surface area contributed by atoms with Gasteiger partial charge in [0, 0.05) is 39.1 Å². The van der Waals surface area contributed by atoms with E-state index < -0.39 is 0 Å². The summed E-state index contributed by atoms with van der Waals surface area (Å²) in [6, 6.07) is 0. The van der Waals surface area contributed by atoms with E-state index in [4.69, 9.17) is 4.74 Å². The minimum Gasteiger partial charge on any atom is -0.374 e. The molecule has 24 heavy (non-hydrogen) atoms. The molecule has 2 saturated heterocycles. The molecule has 1 atom stereocenters. The van der Waals surface area contributed by atoms with Crippen molar-refractivity contribution in [3.8, 4) is 0 Å². The quantitative estimate of drug-likeness (QED) is 0.803. The Bertz CT molecular complexity index is 553. The number of aryl methyl sites for hydroxylation is 2. The first-order valence-corrected chi connectivity index (χ1v) is 9.11. The third kappa shape index (κ3) is 4.54. The predicted octanol–water partition coefficient (Wildman–Crippen LogP) is 0.998. The lowest BCUT2D eigenvalue weighted by Crippen LogP contribution is -2.46. The number of carbonyl (C=O) groups is 1. The van der Waals surface area contributed by atoms with Gasteiger partial charge in [0.15, 0.2) is 0 Å². The largest absolute Gasteiger partial charge is 0.374 e. The molecule has 0 N–H and O–H groups in total. The van der Waals surface area contributed by atoms with Crippen LogP contribution in [0.15, 0.2) is 0 Å². The Morgan fingerprint density at radius 1 is 1.21 bits per heavy atom. The second-order valence-corrected chi connectivity index (χ2v) is 6.87. The van der Waals surface area contributed by atoms with Gasteiger partial charge in [-0.3, -0.25) is 9.69 Å². The van der Waals surface area contributed by atoms with Gasteiger partial charge >= 0.3 is 0 Å². The molecule has 0 bridgehead atoms. The summed E-state index contributed by atoms with van der Waals surface area (Å²) in [6.07, 6.45) is 4.30. The molecule has 0 saturated carbocycles. The number of nitrogens with zero attached hydrogens (tertiary/aromatic N) is 5. The maximum absolute atomic E-state index is 12.3. The summed E-state index contributed by atoms with van der Waals surface area (Å²) in [4.78, 5) is 21.0. The molecular formula is C17H29N5O2. The highest BCUT2D eigenvalue weighted by atomic mass is 16.5. The molecule has 2 fully saturated rings. The van der Waals surface area contributed by atoms with Gasteiger partial charge in [-0.2, -0.15) is 5.10 Å². The number of aromatic nitrogens is 3. The highest BCUT2D eigenvalue weighted by Crippen LogP contribution is 2.12. The monoisotopic (exact) mass is 335 g/mol. The van der Waals surface area contributed by atoms with E-state index in [1.807, 2.05) is 23.4 Å². The van der Waals surface area contributed by atoms with Crippen LogP contribution in [0.1, 0.15) is 37.3 Å². The molecule has 1 amide bonds. The van der Waals surface area contributed by atoms with E-state index in [-0.39, 0.29) is 6.10 Å². The maximum atomic E-state index is 12.3. The minimum atomic E-state index is 0.114. The van der Waals surface area contributed by atoms with E-state index in [1.54, 1.807) is 0 Å². The van der Waals surface area contributed by atoms with Crippen molar-refractivity contribution in [1.82, 2.24) is 24.6 Å². The summed E-state index contributed by atoms with van der Waals surface area (Å²) in [5, 5.41) is 4.41. The van der Waals surface area contributed by atoms with Crippen molar-refractivity contribution in [2.75, 3.05) is 39.3 Å². The fourth-order valence-corrected chi connectivity index (χ4v) is 3.58. The van der Waals surface area contributed by atoms with Crippen LogP contribution in [-0.2, 0) is 16.1 Å². The van der Waals surface area contributed by atoms with Gasteiger partial charge in [-0.15, -0.1) is 0 Å². The van der Waals surface area contributed by atoms with Crippen molar-refractivity contribution >= 4 is 5.91 Å². The number of piperidine rings is 1. The Morgan fingerprint density at radius 2 is 2.00 bits per heavy atom.